The van der Waals surface area contributed by atoms with Crippen LogP contribution in [0.25, 0.3) is 0 Å². The largest absolute Gasteiger partial charge is 0.299 e. The monoisotopic (exact) mass is 338 g/mol. The summed E-state index contributed by atoms with van der Waals surface area (Å²) in [5.41, 5.74) is 0. The first kappa shape index (κ1) is 19.0. The lowest BCUT2D eigenvalue weighted by atomic mass is 10.2. The van der Waals surface area contributed by atoms with Crippen LogP contribution in [-0.4, -0.2) is 37.2 Å². The van der Waals surface area contributed by atoms with Crippen LogP contribution in [0.1, 0.15) is 65.2 Å². The van der Waals surface area contributed by atoms with Gasteiger partial charge in [-0.05, 0) is 25.7 Å². The van der Waals surface area contributed by atoms with E-state index in [1.54, 1.807) is 0 Å². The van der Waals surface area contributed by atoms with Gasteiger partial charge in [-0.2, -0.15) is 8.42 Å². The summed E-state index contributed by atoms with van der Waals surface area (Å²) < 4.78 is 29.8. The molecule has 0 amide bonds. The van der Waals surface area contributed by atoms with E-state index in [0.717, 1.165) is 50.0 Å². The highest BCUT2D eigenvalue weighted by Crippen LogP contribution is 2.56. The second-order valence-electron chi connectivity index (χ2n) is 5.90. The van der Waals surface area contributed by atoms with Gasteiger partial charge in [0.2, 0.25) is 0 Å². The highest BCUT2D eigenvalue weighted by molar-refractivity contribution is 8.33. The Morgan fingerprint density at radius 3 is 2.24 bits per heavy atom. The first-order valence-corrected chi connectivity index (χ1v) is 11.8. The summed E-state index contributed by atoms with van der Waals surface area (Å²) in [5.74, 6) is 2.17. The molecule has 1 rings (SSSR count). The van der Waals surface area contributed by atoms with Gasteiger partial charge in [-0.1, -0.05) is 33.1 Å². The Morgan fingerprint density at radius 1 is 1.05 bits per heavy atom. The van der Waals surface area contributed by atoms with Crippen LogP contribution < -0.4 is 0 Å². The Morgan fingerprint density at radius 2 is 1.67 bits per heavy atom. The molecule has 126 valence electrons. The van der Waals surface area contributed by atoms with E-state index >= 15 is 0 Å². The fraction of sp³-hybridized carbons (Fsp3) is 0.933. The minimum atomic E-state index is -3.47. The summed E-state index contributed by atoms with van der Waals surface area (Å²) in [6.07, 6.45) is 7.07. The van der Waals surface area contributed by atoms with Crippen LogP contribution >= 0.6 is 10.3 Å². The maximum Gasteiger partial charge on any atom is 0.276 e. The molecule has 0 aliphatic carbocycles. The standard InChI is InChI=1S/C15H30O4S2/c1-3-5-7-10-15(16)14-20(11-8-9-12-20)19-21(17,18)13-6-4-2/h3-14H2,1-2H3. The highest BCUT2D eigenvalue weighted by atomic mass is 32.3. The third kappa shape index (κ3) is 7.15. The SMILES string of the molecule is CCCCCC(=O)CS1(OS(=O)(=O)CCCC)CCCC1. The van der Waals surface area contributed by atoms with Gasteiger partial charge in [0.15, 0.2) is 0 Å². The van der Waals surface area contributed by atoms with Crippen molar-refractivity contribution in [3.63, 3.8) is 0 Å². The molecule has 1 fully saturated rings. The highest BCUT2D eigenvalue weighted by Gasteiger charge is 2.36. The van der Waals surface area contributed by atoms with Gasteiger partial charge in [-0.25, -0.2) is 3.63 Å². The van der Waals surface area contributed by atoms with Gasteiger partial charge in [0.05, 0.1) is 11.5 Å². The summed E-state index contributed by atoms with van der Waals surface area (Å²) in [5, 5.41) is 0. The predicted molar refractivity (Wildman–Crippen MR) is 90.4 cm³/mol. The molecule has 0 saturated carbocycles. The van der Waals surface area contributed by atoms with Crippen molar-refractivity contribution < 1.29 is 16.8 Å². The first-order chi connectivity index (χ1) is 9.93. The lowest BCUT2D eigenvalue weighted by molar-refractivity contribution is -0.116. The van der Waals surface area contributed by atoms with Crippen molar-refractivity contribution in [1.82, 2.24) is 0 Å². The molecule has 1 heterocycles. The molecule has 0 atom stereocenters. The van der Waals surface area contributed by atoms with Gasteiger partial charge in [0.1, 0.15) is 5.78 Å². The molecule has 0 aromatic heterocycles. The molecule has 0 radical (unpaired) electrons. The van der Waals surface area contributed by atoms with Crippen LogP contribution in [0.2, 0.25) is 0 Å². The molecule has 6 heteroatoms. The molecular weight excluding hydrogens is 308 g/mol. The maximum absolute atomic E-state index is 12.1. The van der Waals surface area contributed by atoms with Gasteiger partial charge < -0.3 is 0 Å². The van der Waals surface area contributed by atoms with E-state index in [-0.39, 0.29) is 11.5 Å². The summed E-state index contributed by atoms with van der Waals surface area (Å²) in [4.78, 5) is 12.1. The number of unbranched alkanes of at least 4 members (excludes halogenated alkanes) is 3. The van der Waals surface area contributed by atoms with E-state index in [2.05, 4.69) is 6.92 Å². The first-order valence-electron chi connectivity index (χ1n) is 8.15. The van der Waals surface area contributed by atoms with E-state index < -0.39 is 20.4 Å². The van der Waals surface area contributed by atoms with Crippen LogP contribution in [0.15, 0.2) is 0 Å². The Kier molecular flexibility index (Phi) is 8.27. The predicted octanol–water partition coefficient (Wildman–Crippen LogP) is 3.80. The summed E-state index contributed by atoms with van der Waals surface area (Å²) in [7, 11) is -5.19. The quantitative estimate of drug-likeness (QED) is 0.538. The fourth-order valence-electron chi connectivity index (χ4n) is 2.58. The Balaban J connectivity index is 2.60. The zero-order valence-corrected chi connectivity index (χ0v) is 15.1. The van der Waals surface area contributed by atoms with Gasteiger partial charge in [-0.3, -0.25) is 4.79 Å². The summed E-state index contributed by atoms with van der Waals surface area (Å²) in [6.45, 7) is 4.07. The minimum Gasteiger partial charge on any atom is -0.299 e. The third-order valence-corrected chi connectivity index (χ3v) is 9.45. The normalized spacial score (nSPS) is 19.5. The number of hydrogen-bond acceptors (Lipinski definition) is 4. The molecule has 1 aliphatic heterocycles. The molecule has 0 spiro atoms. The lowest BCUT2D eigenvalue weighted by Gasteiger charge is -2.33. The molecule has 0 N–H and O–H groups in total. The van der Waals surface area contributed by atoms with E-state index in [1.807, 2.05) is 6.92 Å². The Bertz CT molecular complexity index is 411. The number of hydrogen-bond donors (Lipinski definition) is 0. The average Bonchev–Trinajstić information content (AvgIpc) is 2.84. The third-order valence-electron chi connectivity index (χ3n) is 3.76. The zero-order chi connectivity index (χ0) is 15.8. The molecule has 1 aliphatic rings. The van der Waals surface area contributed by atoms with Gasteiger partial charge in [0, 0.05) is 17.9 Å². The second-order valence-corrected chi connectivity index (χ2v) is 11.0. The van der Waals surface area contributed by atoms with Crippen LogP contribution in [0.5, 0.6) is 0 Å². The van der Waals surface area contributed by atoms with Crippen molar-refractivity contribution in [3.8, 4) is 0 Å². The van der Waals surface area contributed by atoms with Crippen molar-refractivity contribution >= 4 is 26.2 Å². The molecule has 21 heavy (non-hydrogen) atoms. The molecule has 0 aromatic carbocycles. The number of rotatable bonds is 11. The van der Waals surface area contributed by atoms with E-state index in [4.69, 9.17) is 3.63 Å². The maximum atomic E-state index is 12.1. The zero-order valence-electron chi connectivity index (χ0n) is 13.4. The molecule has 1 saturated heterocycles. The lowest BCUT2D eigenvalue weighted by Crippen LogP contribution is -2.22. The van der Waals surface area contributed by atoms with Gasteiger partial charge in [-0.15, -0.1) is 10.3 Å². The van der Waals surface area contributed by atoms with Gasteiger partial charge >= 0.3 is 0 Å². The van der Waals surface area contributed by atoms with Crippen LogP contribution in [-0.2, 0) is 18.5 Å². The fourth-order valence-corrected chi connectivity index (χ4v) is 8.68. The van der Waals surface area contributed by atoms with E-state index in [1.165, 1.54) is 0 Å². The average molecular weight is 339 g/mol. The van der Waals surface area contributed by atoms with Gasteiger partial charge in [0.25, 0.3) is 10.1 Å². The molecular formula is C15H30O4S2. The number of carbonyl (C=O) groups excluding carboxylic acids is 1. The van der Waals surface area contributed by atoms with Crippen LogP contribution in [0, 0.1) is 0 Å². The van der Waals surface area contributed by atoms with Crippen molar-refractivity contribution in [3.05, 3.63) is 0 Å². The number of carbonyl (C=O) groups is 1. The van der Waals surface area contributed by atoms with Crippen molar-refractivity contribution in [2.45, 2.75) is 65.2 Å². The topological polar surface area (TPSA) is 60.4 Å². The molecule has 4 nitrogen and oxygen atoms in total. The van der Waals surface area contributed by atoms with Crippen molar-refractivity contribution in [2.75, 3.05) is 23.0 Å². The summed E-state index contributed by atoms with van der Waals surface area (Å²) in [6, 6.07) is 0. The van der Waals surface area contributed by atoms with Crippen molar-refractivity contribution in [2.24, 2.45) is 0 Å². The van der Waals surface area contributed by atoms with E-state index in [9.17, 15) is 13.2 Å². The minimum absolute atomic E-state index is 0.0856. The van der Waals surface area contributed by atoms with Crippen LogP contribution in [0.3, 0.4) is 0 Å². The summed E-state index contributed by atoms with van der Waals surface area (Å²) >= 11 is 0. The van der Waals surface area contributed by atoms with E-state index in [0.29, 0.717) is 18.6 Å². The Hall–Kier alpha value is -0.0700. The molecule has 0 unspecified atom stereocenters. The van der Waals surface area contributed by atoms with Crippen molar-refractivity contribution in [1.29, 1.82) is 0 Å². The number of ketones is 1. The molecule has 0 aromatic rings. The van der Waals surface area contributed by atoms with Crippen LogP contribution in [0.4, 0.5) is 0 Å². The smallest absolute Gasteiger partial charge is 0.276 e. The molecule has 0 bridgehead atoms. The Labute approximate surface area is 131 Å². The number of Topliss-reactive ketones (excluding diaryl/α,β-unsaturated/α-hetero) is 1. The second kappa shape index (κ2) is 9.16.